The average Bonchev–Trinajstić information content (AvgIpc) is 3.08. The van der Waals surface area contributed by atoms with Gasteiger partial charge in [-0.3, -0.25) is 0 Å². The molecule has 0 saturated heterocycles. The van der Waals surface area contributed by atoms with Crippen molar-refractivity contribution < 1.29 is 0 Å². The van der Waals surface area contributed by atoms with Crippen LogP contribution in [0.2, 0.25) is 0 Å². The molecular formula is C54H71BN2. The fourth-order valence-corrected chi connectivity index (χ4v) is 9.03. The van der Waals surface area contributed by atoms with Gasteiger partial charge in [0.25, 0.3) is 6.71 Å². The molecule has 2 heterocycles. The summed E-state index contributed by atoms with van der Waals surface area (Å²) in [5.41, 5.74) is 19.1. The lowest BCUT2D eigenvalue weighted by atomic mass is 9.33. The van der Waals surface area contributed by atoms with Crippen LogP contribution in [0.15, 0.2) is 96.2 Å². The maximum Gasteiger partial charge on any atom is 0.252 e. The Labute approximate surface area is 347 Å². The molecule has 1 aliphatic carbocycles. The van der Waals surface area contributed by atoms with Crippen LogP contribution in [0.1, 0.15) is 153 Å². The van der Waals surface area contributed by atoms with E-state index in [0.717, 1.165) is 6.42 Å². The minimum atomic E-state index is -0.00478. The topological polar surface area (TPSA) is 6.48 Å². The van der Waals surface area contributed by atoms with Gasteiger partial charge in [0, 0.05) is 34.1 Å². The minimum absolute atomic E-state index is 0.00365. The van der Waals surface area contributed by atoms with Crippen molar-refractivity contribution in [3.8, 4) is 0 Å². The summed E-state index contributed by atoms with van der Waals surface area (Å²) in [6.45, 7) is 42.7. The third-order valence-corrected chi connectivity index (χ3v) is 13.1. The van der Waals surface area contributed by atoms with Gasteiger partial charge in [0.2, 0.25) is 0 Å². The monoisotopic (exact) mass is 759 g/mol. The molecule has 0 radical (unpaired) electrons. The molecule has 0 saturated carbocycles. The van der Waals surface area contributed by atoms with E-state index >= 15 is 0 Å². The first kappa shape index (κ1) is 41.2. The van der Waals surface area contributed by atoms with Crippen LogP contribution in [0.5, 0.6) is 0 Å². The van der Waals surface area contributed by atoms with E-state index in [1.165, 1.54) is 78.3 Å². The smallest absolute Gasteiger partial charge is 0.252 e. The van der Waals surface area contributed by atoms with Gasteiger partial charge in [-0.2, -0.15) is 0 Å². The number of benzene rings is 4. The first-order valence-corrected chi connectivity index (χ1v) is 21.7. The first-order chi connectivity index (χ1) is 26.0. The molecular weight excluding hydrogens is 687 g/mol. The van der Waals surface area contributed by atoms with E-state index in [-0.39, 0.29) is 39.2 Å². The minimum Gasteiger partial charge on any atom is -0.312 e. The molecule has 0 N–H and O–H groups in total. The SMILES string of the molecule is CC(C)(C)C1=CC(N2c3cc(C(C)(C)C)ccc3B3c4ccc(C(C)(C)C)cc4N(c4cc(C(C)(C)C)cc(C(C)(C)C)c4)c4cccc2c43)=CC(C(C)(C)C)C1. The van der Waals surface area contributed by atoms with Crippen LogP contribution in [0.4, 0.5) is 28.4 Å². The van der Waals surface area contributed by atoms with Crippen molar-refractivity contribution in [3.05, 3.63) is 118 Å². The van der Waals surface area contributed by atoms with Gasteiger partial charge in [0.05, 0.1) is 0 Å². The Morgan fingerprint density at radius 3 is 1.37 bits per heavy atom. The third-order valence-electron chi connectivity index (χ3n) is 13.1. The Morgan fingerprint density at radius 2 is 0.930 bits per heavy atom. The van der Waals surface area contributed by atoms with E-state index in [1.54, 1.807) is 0 Å². The lowest BCUT2D eigenvalue weighted by molar-refractivity contribution is 0.273. The Kier molecular flexibility index (Phi) is 9.59. The van der Waals surface area contributed by atoms with Gasteiger partial charge >= 0.3 is 0 Å². The van der Waals surface area contributed by atoms with Crippen molar-refractivity contribution in [3.63, 3.8) is 0 Å². The molecule has 2 aliphatic heterocycles. The summed E-state index contributed by atoms with van der Waals surface area (Å²) in [7, 11) is 0. The number of anilines is 5. The molecule has 1 unspecified atom stereocenters. The highest BCUT2D eigenvalue weighted by atomic mass is 15.2. The zero-order valence-electron chi connectivity index (χ0n) is 38.8. The summed E-state index contributed by atoms with van der Waals surface area (Å²) >= 11 is 0. The fourth-order valence-electron chi connectivity index (χ4n) is 9.03. The lowest BCUT2D eigenvalue weighted by Crippen LogP contribution is -2.62. The number of fused-ring (bicyclic) bond motifs is 4. The Morgan fingerprint density at radius 1 is 0.474 bits per heavy atom. The molecule has 3 heteroatoms. The molecule has 2 nitrogen and oxygen atoms in total. The zero-order chi connectivity index (χ0) is 42.0. The van der Waals surface area contributed by atoms with Gasteiger partial charge in [-0.25, -0.2) is 0 Å². The van der Waals surface area contributed by atoms with Crippen LogP contribution in [0, 0.1) is 16.7 Å². The van der Waals surface area contributed by atoms with Gasteiger partial charge in [-0.05, 0) is 126 Å². The number of hydrogen-bond acceptors (Lipinski definition) is 2. The Balaban J connectivity index is 1.60. The van der Waals surface area contributed by atoms with E-state index in [1.807, 2.05) is 0 Å². The van der Waals surface area contributed by atoms with Gasteiger partial charge in [-0.1, -0.05) is 173 Å². The second-order valence-electron chi connectivity index (χ2n) is 23.8. The second-order valence-corrected chi connectivity index (χ2v) is 23.8. The molecule has 0 spiro atoms. The van der Waals surface area contributed by atoms with Gasteiger partial charge in [0.15, 0.2) is 0 Å². The predicted octanol–water partition coefficient (Wildman–Crippen LogP) is 13.5. The maximum absolute atomic E-state index is 2.66. The van der Waals surface area contributed by atoms with Crippen LogP contribution < -0.4 is 26.2 Å². The highest BCUT2D eigenvalue weighted by molar-refractivity contribution is 7.00. The summed E-state index contributed by atoms with van der Waals surface area (Å²) in [6, 6.07) is 29.3. The Bertz CT molecular complexity index is 2260. The molecule has 0 amide bonds. The van der Waals surface area contributed by atoms with Crippen LogP contribution in [-0.2, 0) is 21.7 Å². The zero-order valence-corrected chi connectivity index (χ0v) is 38.8. The van der Waals surface area contributed by atoms with Crippen molar-refractivity contribution in [2.75, 3.05) is 9.80 Å². The van der Waals surface area contributed by atoms with Crippen molar-refractivity contribution in [1.82, 2.24) is 0 Å². The molecule has 0 aromatic heterocycles. The summed E-state index contributed by atoms with van der Waals surface area (Å²) in [6.07, 6.45) is 6.24. The van der Waals surface area contributed by atoms with Crippen LogP contribution >= 0.6 is 0 Å². The second kappa shape index (κ2) is 13.3. The summed E-state index contributed by atoms with van der Waals surface area (Å²) < 4.78 is 0. The molecule has 4 aromatic carbocycles. The highest BCUT2D eigenvalue weighted by Gasteiger charge is 2.45. The van der Waals surface area contributed by atoms with Crippen molar-refractivity contribution >= 4 is 51.5 Å². The molecule has 7 rings (SSSR count). The first-order valence-electron chi connectivity index (χ1n) is 21.7. The lowest BCUT2D eigenvalue weighted by Gasteiger charge is -2.46. The summed E-state index contributed by atoms with van der Waals surface area (Å²) in [5, 5.41) is 0. The molecule has 300 valence electrons. The summed E-state index contributed by atoms with van der Waals surface area (Å²) in [4.78, 5) is 5.28. The maximum atomic E-state index is 2.66. The van der Waals surface area contributed by atoms with Gasteiger partial charge in [-0.15, -0.1) is 0 Å². The van der Waals surface area contributed by atoms with E-state index in [9.17, 15) is 0 Å². The summed E-state index contributed by atoms with van der Waals surface area (Å²) in [5.74, 6) is 0.419. The van der Waals surface area contributed by atoms with E-state index < -0.39 is 0 Å². The molecule has 4 aromatic rings. The highest BCUT2D eigenvalue weighted by Crippen LogP contribution is 2.49. The largest absolute Gasteiger partial charge is 0.312 e. The standard InChI is InChI=1S/C54H71BN2/c1-49(2,3)34-22-24-42-46(32-34)56(40-28-36(51(7,8)9)26-37(29-40)52(10,11)12)44-20-19-21-45-48(44)55(42)43-25-23-35(50(4,5)6)33-47(43)57(45)41-30-38(53(13,14)15)27-39(31-41)54(16,17)18/h19-26,28-33,38H,27H2,1-18H3. The van der Waals surface area contributed by atoms with Crippen molar-refractivity contribution in [2.45, 2.75) is 153 Å². The average molecular weight is 759 g/mol. The van der Waals surface area contributed by atoms with Crippen LogP contribution in [-0.4, -0.2) is 6.71 Å². The quantitative estimate of drug-likeness (QED) is 0.165. The number of hydrogen-bond donors (Lipinski definition) is 0. The van der Waals surface area contributed by atoms with Crippen molar-refractivity contribution in [2.24, 2.45) is 16.7 Å². The van der Waals surface area contributed by atoms with E-state index in [2.05, 4.69) is 219 Å². The molecule has 3 aliphatic rings. The number of rotatable bonds is 2. The number of allylic oxidation sites excluding steroid dienone is 3. The van der Waals surface area contributed by atoms with Crippen LogP contribution in [0.25, 0.3) is 0 Å². The van der Waals surface area contributed by atoms with Gasteiger partial charge < -0.3 is 9.80 Å². The molecule has 1 atom stereocenters. The third kappa shape index (κ3) is 7.47. The van der Waals surface area contributed by atoms with E-state index in [0.29, 0.717) is 5.92 Å². The molecule has 0 fully saturated rings. The Hall–Kier alpha value is -3.98. The fraction of sp³-hybridized carbons (Fsp3) is 0.481. The predicted molar refractivity (Wildman–Crippen MR) is 252 cm³/mol. The normalized spacial score (nSPS) is 17.5. The van der Waals surface area contributed by atoms with Crippen LogP contribution in [0.3, 0.4) is 0 Å². The van der Waals surface area contributed by atoms with Gasteiger partial charge in [0.1, 0.15) is 0 Å². The van der Waals surface area contributed by atoms with E-state index in [4.69, 9.17) is 0 Å². The molecule has 57 heavy (non-hydrogen) atoms. The number of nitrogens with zero attached hydrogens (tertiary/aromatic N) is 2. The molecule has 0 bridgehead atoms. The van der Waals surface area contributed by atoms with Crippen molar-refractivity contribution in [1.29, 1.82) is 0 Å².